The van der Waals surface area contributed by atoms with E-state index in [4.69, 9.17) is 0 Å². The number of allylic oxidation sites excluding steroid dienone is 3. The molecule has 0 spiro atoms. The summed E-state index contributed by atoms with van der Waals surface area (Å²) in [4.78, 5) is 0. The Bertz CT molecular complexity index is 1270. The van der Waals surface area contributed by atoms with Gasteiger partial charge in [-0.2, -0.15) is 23.3 Å². The van der Waals surface area contributed by atoms with Gasteiger partial charge in [0.15, 0.2) is 0 Å². The van der Waals surface area contributed by atoms with Crippen LogP contribution in [-0.2, 0) is 28.1 Å². The first-order valence-corrected chi connectivity index (χ1v) is 14.5. The molecule has 0 fully saturated rings. The summed E-state index contributed by atoms with van der Waals surface area (Å²) in [6, 6.07) is 41.6. The van der Waals surface area contributed by atoms with Crippen LogP contribution < -0.4 is 15.9 Å². The topological polar surface area (TPSA) is 0 Å². The van der Waals surface area contributed by atoms with Gasteiger partial charge in [0.2, 0.25) is 0 Å². The fourth-order valence-electron chi connectivity index (χ4n) is 4.20. The molecule has 192 valence electrons. The van der Waals surface area contributed by atoms with Crippen molar-refractivity contribution in [3.8, 4) is 0 Å². The minimum absolute atomic E-state index is 0. The third-order valence-electron chi connectivity index (χ3n) is 6.17. The summed E-state index contributed by atoms with van der Waals surface area (Å²) < 4.78 is 0. The smallest absolute Gasteiger partial charge is 0.213 e. The minimum Gasteiger partial charge on any atom is -0.213 e. The van der Waals surface area contributed by atoms with Gasteiger partial charge in [-0.15, -0.1) is 40.3 Å². The standard InChI is InChI=1S/C21H16P.C10H15.C5H8.Ti/c1-3-11-19(12-4-1)22(20-13-5-2-6-14-20)21-15-17-9-7-8-10-18(17)16-21;1-3-4-7-10-8-5-6-9(10)2;1-3-5-4-2;/h1-16H;5-6,8H,3-4,7H2,1-2H3;3-5H,1H2,2H3;/q2*-1;;+2. The molecule has 5 aromatic carbocycles. The second-order valence-electron chi connectivity index (χ2n) is 8.95. The first kappa shape index (κ1) is 31.5. The number of benzene rings is 3. The van der Waals surface area contributed by atoms with Gasteiger partial charge in [-0.25, -0.2) is 12.1 Å². The van der Waals surface area contributed by atoms with Crippen LogP contribution in [-0.4, -0.2) is 0 Å². The van der Waals surface area contributed by atoms with E-state index in [2.05, 4.69) is 136 Å². The molecule has 0 nitrogen and oxygen atoms in total. The van der Waals surface area contributed by atoms with Gasteiger partial charge in [-0.1, -0.05) is 125 Å². The Morgan fingerprint density at radius 2 is 1.45 bits per heavy atom. The van der Waals surface area contributed by atoms with E-state index >= 15 is 0 Å². The molecule has 0 amide bonds. The molecule has 38 heavy (non-hydrogen) atoms. The number of rotatable bonds is 7. The zero-order valence-electron chi connectivity index (χ0n) is 23.0. The zero-order valence-corrected chi connectivity index (χ0v) is 25.4. The predicted octanol–water partition coefficient (Wildman–Crippen LogP) is 9.12. The van der Waals surface area contributed by atoms with E-state index in [-0.39, 0.29) is 21.7 Å². The van der Waals surface area contributed by atoms with E-state index in [1.807, 2.05) is 19.1 Å². The van der Waals surface area contributed by atoms with Crippen LogP contribution in [0.15, 0.2) is 140 Å². The van der Waals surface area contributed by atoms with Gasteiger partial charge >= 0.3 is 21.7 Å². The van der Waals surface area contributed by atoms with E-state index in [1.165, 1.54) is 57.1 Å². The number of unbranched alkanes of at least 4 members (excludes halogenated alkanes) is 1. The van der Waals surface area contributed by atoms with Gasteiger partial charge in [0, 0.05) is 0 Å². The van der Waals surface area contributed by atoms with E-state index in [1.54, 1.807) is 6.08 Å². The van der Waals surface area contributed by atoms with Crippen molar-refractivity contribution in [1.82, 2.24) is 0 Å². The first-order chi connectivity index (χ1) is 18.2. The predicted molar refractivity (Wildman–Crippen MR) is 169 cm³/mol. The van der Waals surface area contributed by atoms with Gasteiger partial charge in [0.05, 0.1) is 0 Å². The van der Waals surface area contributed by atoms with Crippen molar-refractivity contribution < 1.29 is 21.7 Å². The molecule has 0 unspecified atom stereocenters. The molecule has 5 aromatic rings. The Labute approximate surface area is 246 Å². The summed E-state index contributed by atoms with van der Waals surface area (Å²) >= 11 is 0. The molecule has 0 heterocycles. The summed E-state index contributed by atoms with van der Waals surface area (Å²) in [5.74, 6) is 0. The van der Waals surface area contributed by atoms with Crippen LogP contribution in [0, 0.1) is 6.92 Å². The molecule has 5 rings (SSSR count). The third-order valence-corrected chi connectivity index (χ3v) is 8.57. The maximum absolute atomic E-state index is 3.46. The van der Waals surface area contributed by atoms with Crippen LogP contribution in [0.3, 0.4) is 0 Å². The summed E-state index contributed by atoms with van der Waals surface area (Å²) in [6.07, 6.45) is 9.46. The monoisotopic (exact) mass is 550 g/mol. The molecule has 0 radical (unpaired) electrons. The van der Waals surface area contributed by atoms with Crippen molar-refractivity contribution in [2.75, 3.05) is 0 Å². The van der Waals surface area contributed by atoms with Gasteiger partial charge in [0.1, 0.15) is 0 Å². The maximum atomic E-state index is 3.46. The summed E-state index contributed by atoms with van der Waals surface area (Å²) in [7, 11) is -0.493. The first-order valence-electron chi connectivity index (χ1n) is 13.2. The second-order valence-corrected chi connectivity index (χ2v) is 11.2. The second kappa shape index (κ2) is 17.7. The van der Waals surface area contributed by atoms with Crippen LogP contribution in [0.25, 0.3) is 10.8 Å². The van der Waals surface area contributed by atoms with Crippen molar-refractivity contribution in [3.63, 3.8) is 0 Å². The third kappa shape index (κ3) is 9.52. The Balaban J connectivity index is 0.000000265. The minimum atomic E-state index is -0.493. The number of hydrogen-bond donors (Lipinski definition) is 0. The fourth-order valence-corrected chi connectivity index (χ4v) is 6.57. The molecule has 0 N–H and O–H groups in total. The quantitative estimate of drug-likeness (QED) is 0.0821. The van der Waals surface area contributed by atoms with Crippen LogP contribution in [0.2, 0.25) is 0 Å². The maximum Gasteiger partial charge on any atom is 2.00 e. The summed E-state index contributed by atoms with van der Waals surface area (Å²) in [6.45, 7) is 9.84. The average Bonchev–Trinajstić information content (AvgIpc) is 3.55. The van der Waals surface area contributed by atoms with E-state index in [9.17, 15) is 0 Å². The van der Waals surface area contributed by atoms with Crippen molar-refractivity contribution in [1.29, 1.82) is 0 Å². The zero-order chi connectivity index (χ0) is 26.3. The Kier molecular flexibility index (Phi) is 14.7. The van der Waals surface area contributed by atoms with Crippen LogP contribution in [0.1, 0.15) is 37.8 Å². The van der Waals surface area contributed by atoms with E-state index in [0.717, 1.165) is 0 Å². The van der Waals surface area contributed by atoms with Crippen molar-refractivity contribution in [2.45, 2.75) is 40.0 Å². The molecule has 0 aliphatic carbocycles. The average molecular weight is 551 g/mol. The Morgan fingerprint density at radius 1 is 0.842 bits per heavy atom. The summed E-state index contributed by atoms with van der Waals surface area (Å²) in [5.41, 5.74) is 2.98. The molecule has 0 aliphatic rings. The molecule has 0 atom stereocenters. The van der Waals surface area contributed by atoms with Gasteiger partial charge < -0.3 is 0 Å². The molecule has 0 aromatic heterocycles. The largest absolute Gasteiger partial charge is 2.00 e. The normalized spacial score (nSPS) is 10.3. The number of aryl methyl sites for hydroxylation is 2. The van der Waals surface area contributed by atoms with Crippen LogP contribution in [0.4, 0.5) is 0 Å². The molecule has 0 saturated carbocycles. The fraction of sp³-hybridized carbons (Fsp3) is 0.167. The van der Waals surface area contributed by atoms with Crippen molar-refractivity contribution >= 4 is 34.6 Å². The SMILES string of the molecule is C=CC=CC.CCCC[c-]1cccc1C.[Ti+2].c1ccc(P(c2ccccc2)c2cc3ccccc3[cH-]2)cc1. The summed E-state index contributed by atoms with van der Waals surface area (Å²) in [5, 5.41) is 6.89. The molecular weight excluding hydrogens is 511 g/mol. The Hall–Kier alpha value is -2.76. The van der Waals surface area contributed by atoms with Gasteiger partial charge in [0.25, 0.3) is 0 Å². The molecular formula is C36H39PTi. The van der Waals surface area contributed by atoms with Crippen LogP contribution >= 0.6 is 7.92 Å². The Morgan fingerprint density at radius 3 is 1.92 bits per heavy atom. The molecule has 0 bridgehead atoms. The molecule has 0 aliphatic heterocycles. The molecule has 2 heteroatoms. The molecule has 0 saturated heterocycles. The van der Waals surface area contributed by atoms with Crippen molar-refractivity contribution in [2.24, 2.45) is 0 Å². The number of fused-ring (bicyclic) bond motifs is 1. The van der Waals surface area contributed by atoms with Crippen LogP contribution in [0.5, 0.6) is 0 Å². The number of hydrogen-bond acceptors (Lipinski definition) is 0. The van der Waals surface area contributed by atoms with E-state index < -0.39 is 7.92 Å². The van der Waals surface area contributed by atoms with Gasteiger partial charge in [-0.3, -0.25) is 0 Å². The van der Waals surface area contributed by atoms with Gasteiger partial charge in [-0.05, 0) is 25.5 Å². The van der Waals surface area contributed by atoms with Crippen molar-refractivity contribution in [3.05, 3.63) is 151 Å². The van der Waals surface area contributed by atoms with E-state index in [0.29, 0.717) is 0 Å².